The summed E-state index contributed by atoms with van der Waals surface area (Å²) in [5, 5.41) is 4.20. The molecule has 31 heavy (non-hydrogen) atoms. The summed E-state index contributed by atoms with van der Waals surface area (Å²) in [4.78, 5) is 32.9. The number of fused-ring (bicyclic) bond motifs is 3. The van der Waals surface area contributed by atoms with Gasteiger partial charge in [-0.3, -0.25) is 14.2 Å². The first-order valence-corrected chi connectivity index (χ1v) is 12.4. The number of carbonyl (C=O) groups excluding carboxylic acids is 1. The van der Waals surface area contributed by atoms with E-state index in [9.17, 15) is 9.59 Å². The third kappa shape index (κ3) is 4.86. The lowest BCUT2D eigenvalue weighted by molar-refractivity contribution is -0.118. The second-order valence-corrected chi connectivity index (χ2v) is 9.91. The molecule has 164 valence electrons. The maximum Gasteiger partial charge on any atom is 0.267 e. The van der Waals surface area contributed by atoms with E-state index in [-0.39, 0.29) is 17.2 Å². The van der Waals surface area contributed by atoms with Crippen molar-refractivity contribution in [3.8, 4) is 5.69 Å². The Kier molecular flexibility index (Phi) is 7.09. The number of benzene rings is 1. The zero-order chi connectivity index (χ0) is 21.8. The van der Waals surface area contributed by atoms with Gasteiger partial charge in [-0.15, -0.1) is 11.3 Å². The molecule has 1 atom stereocenters. The molecule has 3 aromatic rings. The molecule has 0 radical (unpaired) electrons. The number of para-hydroxylation sites is 1. The van der Waals surface area contributed by atoms with E-state index in [0.29, 0.717) is 24.2 Å². The van der Waals surface area contributed by atoms with Crippen molar-refractivity contribution >= 4 is 39.2 Å². The van der Waals surface area contributed by atoms with E-state index < -0.39 is 0 Å². The van der Waals surface area contributed by atoms with Crippen LogP contribution in [-0.2, 0) is 22.4 Å². The van der Waals surface area contributed by atoms with Gasteiger partial charge in [0.2, 0.25) is 5.91 Å². The first-order chi connectivity index (χ1) is 15.1. The van der Waals surface area contributed by atoms with E-state index in [1.165, 1.54) is 22.2 Å². The Bertz CT molecular complexity index is 1120. The van der Waals surface area contributed by atoms with Crippen molar-refractivity contribution in [1.29, 1.82) is 0 Å². The number of rotatable bonds is 8. The van der Waals surface area contributed by atoms with E-state index in [0.717, 1.165) is 41.6 Å². The largest absolute Gasteiger partial charge is 0.385 e. The quantitative estimate of drug-likeness (QED) is 0.316. The van der Waals surface area contributed by atoms with Crippen LogP contribution in [0.3, 0.4) is 0 Å². The van der Waals surface area contributed by atoms with Gasteiger partial charge in [-0.2, -0.15) is 0 Å². The van der Waals surface area contributed by atoms with Crippen LogP contribution in [0.5, 0.6) is 0 Å². The molecule has 2 heterocycles. The lowest BCUT2D eigenvalue weighted by Crippen LogP contribution is -2.28. The van der Waals surface area contributed by atoms with Crippen molar-refractivity contribution in [2.24, 2.45) is 5.92 Å². The molecule has 4 rings (SSSR count). The highest BCUT2D eigenvalue weighted by Gasteiger charge is 2.25. The Morgan fingerprint density at radius 1 is 1.35 bits per heavy atom. The number of amides is 1. The average molecular weight is 458 g/mol. The molecule has 0 saturated carbocycles. The van der Waals surface area contributed by atoms with Crippen LogP contribution >= 0.6 is 23.1 Å². The summed E-state index contributed by atoms with van der Waals surface area (Å²) in [7, 11) is 1.64. The molecular formula is C23H27N3O3S2. The first kappa shape index (κ1) is 22.0. The molecule has 1 aromatic carbocycles. The molecule has 1 aliphatic carbocycles. The lowest BCUT2D eigenvalue weighted by Gasteiger charge is -2.17. The summed E-state index contributed by atoms with van der Waals surface area (Å²) in [5.41, 5.74) is 1.91. The highest BCUT2D eigenvalue weighted by Crippen LogP contribution is 2.36. The zero-order valence-electron chi connectivity index (χ0n) is 17.8. The molecule has 0 saturated heterocycles. The molecule has 1 N–H and O–H groups in total. The van der Waals surface area contributed by atoms with Crippen molar-refractivity contribution in [3.05, 3.63) is 51.1 Å². The van der Waals surface area contributed by atoms with Gasteiger partial charge in [0, 0.05) is 25.1 Å². The summed E-state index contributed by atoms with van der Waals surface area (Å²) < 4.78 is 6.67. The Labute approximate surface area is 190 Å². The van der Waals surface area contributed by atoms with Gasteiger partial charge in [0.15, 0.2) is 5.16 Å². The minimum Gasteiger partial charge on any atom is -0.385 e. The second-order valence-electron chi connectivity index (χ2n) is 7.89. The molecular weight excluding hydrogens is 430 g/mol. The maximum absolute atomic E-state index is 13.7. The number of thioether (sulfide) groups is 1. The summed E-state index contributed by atoms with van der Waals surface area (Å²) in [5.74, 6) is 0.766. The number of aryl methyl sites for hydroxylation is 1. The Balaban J connectivity index is 1.68. The van der Waals surface area contributed by atoms with Gasteiger partial charge >= 0.3 is 0 Å². The average Bonchev–Trinajstić information content (AvgIpc) is 3.13. The third-order valence-corrected chi connectivity index (χ3v) is 7.58. The SMILES string of the molecule is COCCCNC(=O)CSc1nc2sc3c(c2c(=O)n1-c1ccccc1)CCC(C)C3. The molecule has 0 fully saturated rings. The summed E-state index contributed by atoms with van der Waals surface area (Å²) in [6.07, 6.45) is 3.81. The van der Waals surface area contributed by atoms with Crippen LogP contribution in [0.4, 0.5) is 0 Å². The van der Waals surface area contributed by atoms with Gasteiger partial charge in [0.25, 0.3) is 5.56 Å². The van der Waals surface area contributed by atoms with Crippen molar-refractivity contribution < 1.29 is 9.53 Å². The minimum atomic E-state index is -0.0747. The normalized spacial score (nSPS) is 15.7. The van der Waals surface area contributed by atoms with Crippen molar-refractivity contribution in [2.75, 3.05) is 26.0 Å². The number of nitrogens with zero attached hydrogens (tertiary/aromatic N) is 2. The fourth-order valence-electron chi connectivity index (χ4n) is 3.90. The Hall–Kier alpha value is -2.16. The molecule has 6 nitrogen and oxygen atoms in total. The van der Waals surface area contributed by atoms with E-state index in [1.54, 1.807) is 23.0 Å². The Morgan fingerprint density at radius 2 is 2.16 bits per heavy atom. The van der Waals surface area contributed by atoms with Gasteiger partial charge in [-0.05, 0) is 49.3 Å². The van der Waals surface area contributed by atoms with Gasteiger partial charge in [-0.1, -0.05) is 36.9 Å². The number of nitrogens with one attached hydrogen (secondary N) is 1. The molecule has 2 aromatic heterocycles. The van der Waals surface area contributed by atoms with Gasteiger partial charge in [0.05, 0.1) is 16.8 Å². The molecule has 8 heteroatoms. The van der Waals surface area contributed by atoms with E-state index in [2.05, 4.69) is 12.2 Å². The number of thiophene rings is 1. The van der Waals surface area contributed by atoms with Crippen LogP contribution in [0.25, 0.3) is 15.9 Å². The van der Waals surface area contributed by atoms with Crippen LogP contribution in [0.2, 0.25) is 0 Å². The third-order valence-electron chi connectivity index (χ3n) is 5.49. The van der Waals surface area contributed by atoms with Gasteiger partial charge in [0.1, 0.15) is 4.83 Å². The fourth-order valence-corrected chi connectivity index (χ4v) is 6.16. The number of hydrogen-bond acceptors (Lipinski definition) is 6. The minimum absolute atomic E-state index is 0.0359. The van der Waals surface area contributed by atoms with Gasteiger partial charge in [-0.25, -0.2) is 4.98 Å². The molecule has 1 amide bonds. The zero-order valence-corrected chi connectivity index (χ0v) is 19.5. The van der Waals surface area contributed by atoms with Crippen molar-refractivity contribution in [1.82, 2.24) is 14.9 Å². The first-order valence-electron chi connectivity index (χ1n) is 10.6. The maximum atomic E-state index is 13.7. The standard InChI is InChI=1S/C23H27N3O3S2/c1-15-9-10-17-18(13-15)31-21-20(17)22(28)26(16-7-4-3-5-8-16)23(25-21)30-14-19(27)24-11-6-12-29-2/h3-5,7-8,15H,6,9-14H2,1-2H3,(H,24,27). The van der Waals surface area contributed by atoms with Crippen LogP contribution in [-0.4, -0.2) is 41.5 Å². The van der Waals surface area contributed by atoms with E-state index in [4.69, 9.17) is 9.72 Å². The van der Waals surface area contributed by atoms with Crippen LogP contribution in [0.15, 0.2) is 40.3 Å². The van der Waals surface area contributed by atoms with Crippen LogP contribution < -0.4 is 10.9 Å². The van der Waals surface area contributed by atoms with Crippen LogP contribution in [0, 0.1) is 5.92 Å². The number of ether oxygens (including phenoxy) is 1. The Morgan fingerprint density at radius 3 is 2.94 bits per heavy atom. The second kappa shape index (κ2) is 9.97. The summed E-state index contributed by atoms with van der Waals surface area (Å²) in [6, 6.07) is 9.56. The number of hydrogen-bond donors (Lipinski definition) is 1. The number of aromatic nitrogens is 2. The molecule has 1 aliphatic rings. The van der Waals surface area contributed by atoms with Crippen LogP contribution in [0.1, 0.15) is 30.2 Å². The fraction of sp³-hybridized carbons (Fsp3) is 0.435. The molecule has 1 unspecified atom stereocenters. The molecule has 0 aliphatic heterocycles. The van der Waals surface area contributed by atoms with E-state index in [1.807, 2.05) is 30.3 Å². The predicted molar refractivity (Wildman–Crippen MR) is 127 cm³/mol. The number of methoxy groups -OCH3 is 1. The highest BCUT2D eigenvalue weighted by atomic mass is 32.2. The molecule has 0 bridgehead atoms. The lowest BCUT2D eigenvalue weighted by atomic mass is 9.89. The van der Waals surface area contributed by atoms with Crippen molar-refractivity contribution in [2.45, 2.75) is 37.8 Å². The molecule has 0 spiro atoms. The van der Waals surface area contributed by atoms with Gasteiger partial charge < -0.3 is 10.1 Å². The predicted octanol–water partition coefficient (Wildman–Crippen LogP) is 3.82. The smallest absolute Gasteiger partial charge is 0.267 e. The summed E-state index contributed by atoms with van der Waals surface area (Å²) in [6.45, 7) is 3.44. The topological polar surface area (TPSA) is 73.2 Å². The summed E-state index contributed by atoms with van der Waals surface area (Å²) >= 11 is 2.94. The highest BCUT2D eigenvalue weighted by molar-refractivity contribution is 7.99. The van der Waals surface area contributed by atoms with E-state index >= 15 is 0 Å². The van der Waals surface area contributed by atoms with Crippen molar-refractivity contribution in [3.63, 3.8) is 0 Å². The number of carbonyl (C=O) groups is 1. The monoisotopic (exact) mass is 457 g/mol.